The molecule has 4 aromatic rings. The van der Waals surface area contributed by atoms with Crippen LogP contribution in [0.5, 0.6) is 0 Å². The third-order valence-electron chi connectivity index (χ3n) is 4.21. The molecule has 0 unspecified atom stereocenters. The number of hydrogen-bond donors (Lipinski definition) is 0. The summed E-state index contributed by atoms with van der Waals surface area (Å²) in [5.41, 5.74) is 0.391. The van der Waals surface area contributed by atoms with Crippen LogP contribution in [-0.4, -0.2) is 14.5 Å². The van der Waals surface area contributed by atoms with E-state index in [0.717, 1.165) is 10.6 Å². The SMILES string of the molecule is Cc1c(F)cc2c(nc(F)n2-c2cccc(-c3cccnc3F)c2)c1F. The van der Waals surface area contributed by atoms with E-state index in [9.17, 15) is 17.6 Å². The van der Waals surface area contributed by atoms with Crippen molar-refractivity contribution in [3.63, 3.8) is 0 Å². The van der Waals surface area contributed by atoms with Crippen LogP contribution in [0.1, 0.15) is 5.56 Å². The van der Waals surface area contributed by atoms with Crippen molar-refractivity contribution in [1.29, 1.82) is 0 Å². The minimum atomic E-state index is -0.993. The molecule has 2 aromatic heterocycles. The molecular formula is C19H11F4N3. The molecule has 4 rings (SSSR count). The average molecular weight is 357 g/mol. The standard InChI is InChI=1S/C19H11F4N3/c1-10-14(20)9-15-17(16(10)21)25-19(23)26(15)12-5-2-4-11(8-12)13-6-3-7-24-18(13)22/h2-9H,1H3. The fraction of sp³-hybridized carbons (Fsp3) is 0.0526. The normalized spacial score (nSPS) is 11.3. The molecule has 0 saturated carbocycles. The Morgan fingerprint density at radius 2 is 1.77 bits per heavy atom. The zero-order valence-electron chi connectivity index (χ0n) is 13.5. The molecule has 0 fully saturated rings. The number of halogens is 4. The second kappa shape index (κ2) is 5.94. The number of aromatic nitrogens is 3. The molecule has 3 nitrogen and oxygen atoms in total. The Labute approximate surface area is 145 Å². The van der Waals surface area contributed by atoms with Gasteiger partial charge in [0.2, 0.25) is 5.95 Å². The van der Waals surface area contributed by atoms with Gasteiger partial charge in [0.25, 0.3) is 6.08 Å². The summed E-state index contributed by atoms with van der Waals surface area (Å²) in [5, 5.41) is 0. The van der Waals surface area contributed by atoms with Crippen molar-refractivity contribution < 1.29 is 17.6 Å². The molecule has 2 aromatic carbocycles. The average Bonchev–Trinajstić information content (AvgIpc) is 2.96. The smallest absolute Gasteiger partial charge is 0.269 e. The molecule has 0 bridgehead atoms. The Hall–Kier alpha value is -3.22. The van der Waals surface area contributed by atoms with Gasteiger partial charge in [0.15, 0.2) is 5.82 Å². The van der Waals surface area contributed by atoms with Crippen molar-refractivity contribution in [2.45, 2.75) is 6.92 Å². The van der Waals surface area contributed by atoms with Crippen molar-refractivity contribution in [3.8, 4) is 16.8 Å². The van der Waals surface area contributed by atoms with E-state index in [0.29, 0.717) is 5.56 Å². The van der Waals surface area contributed by atoms with Crippen LogP contribution in [0.4, 0.5) is 17.6 Å². The van der Waals surface area contributed by atoms with Crippen molar-refractivity contribution >= 4 is 11.0 Å². The van der Waals surface area contributed by atoms with Gasteiger partial charge < -0.3 is 0 Å². The van der Waals surface area contributed by atoms with E-state index >= 15 is 0 Å². The molecule has 0 aliphatic carbocycles. The van der Waals surface area contributed by atoms with Gasteiger partial charge in [-0.25, -0.2) is 13.8 Å². The number of pyridine rings is 1. The first-order chi connectivity index (χ1) is 12.5. The molecule has 0 atom stereocenters. The van der Waals surface area contributed by atoms with Gasteiger partial charge in [-0.15, -0.1) is 0 Å². The largest absolute Gasteiger partial charge is 0.294 e. The summed E-state index contributed by atoms with van der Waals surface area (Å²) < 4.78 is 57.5. The van der Waals surface area contributed by atoms with E-state index in [2.05, 4.69) is 9.97 Å². The lowest BCUT2D eigenvalue weighted by Crippen LogP contribution is -1.99. The highest BCUT2D eigenvalue weighted by Gasteiger charge is 2.20. The fourth-order valence-corrected chi connectivity index (χ4v) is 2.87. The lowest BCUT2D eigenvalue weighted by Gasteiger charge is -2.09. The number of rotatable bonds is 2. The van der Waals surface area contributed by atoms with Gasteiger partial charge in [0.05, 0.1) is 11.2 Å². The topological polar surface area (TPSA) is 30.7 Å². The van der Waals surface area contributed by atoms with Gasteiger partial charge in [-0.3, -0.25) is 4.57 Å². The third kappa shape index (κ3) is 2.44. The molecule has 26 heavy (non-hydrogen) atoms. The maximum Gasteiger partial charge on any atom is 0.294 e. The molecule has 7 heteroatoms. The van der Waals surface area contributed by atoms with Crippen LogP contribution in [0.3, 0.4) is 0 Å². The van der Waals surface area contributed by atoms with Gasteiger partial charge in [0.1, 0.15) is 11.3 Å². The second-order valence-electron chi connectivity index (χ2n) is 5.77. The molecule has 0 N–H and O–H groups in total. The summed E-state index contributed by atoms with van der Waals surface area (Å²) in [7, 11) is 0. The highest BCUT2D eigenvalue weighted by atomic mass is 19.1. The number of benzene rings is 2. The highest BCUT2D eigenvalue weighted by molar-refractivity contribution is 5.80. The van der Waals surface area contributed by atoms with E-state index in [1.54, 1.807) is 18.2 Å². The first kappa shape index (κ1) is 16.3. The molecule has 0 amide bonds. The molecular weight excluding hydrogens is 346 g/mol. The van der Waals surface area contributed by atoms with Crippen LogP contribution in [0.2, 0.25) is 0 Å². The molecule has 0 radical (unpaired) electrons. The van der Waals surface area contributed by atoms with E-state index in [1.165, 1.54) is 31.3 Å². The van der Waals surface area contributed by atoms with Crippen LogP contribution in [0.15, 0.2) is 48.7 Å². The molecule has 0 aliphatic heterocycles. The number of fused-ring (bicyclic) bond motifs is 1. The first-order valence-electron chi connectivity index (χ1n) is 7.71. The Morgan fingerprint density at radius 1 is 0.962 bits per heavy atom. The Kier molecular flexibility index (Phi) is 3.72. The van der Waals surface area contributed by atoms with Crippen molar-refractivity contribution in [2.75, 3.05) is 0 Å². The maximum atomic E-state index is 14.4. The van der Waals surface area contributed by atoms with Crippen molar-refractivity contribution in [2.24, 2.45) is 0 Å². The minimum absolute atomic E-state index is 0.0492. The van der Waals surface area contributed by atoms with Gasteiger partial charge in [0, 0.05) is 23.4 Å². The summed E-state index contributed by atoms with van der Waals surface area (Å²) in [4.78, 5) is 7.17. The summed E-state index contributed by atoms with van der Waals surface area (Å²) in [6, 6.07) is 10.4. The van der Waals surface area contributed by atoms with Crippen LogP contribution >= 0.6 is 0 Å². The predicted molar refractivity (Wildman–Crippen MR) is 88.9 cm³/mol. The Bertz CT molecular complexity index is 1150. The molecule has 130 valence electrons. The van der Waals surface area contributed by atoms with Gasteiger partial charge in [-0.1, -0.05) is 12.1 Å². The lowest BCUT2D eigenvalue weighted by atomic mass is 10.1. The first-order valence-corrected chi connectivity index (χ1v) is 7.71. The summed E-state index contributed by atoms with van der Waals surface area (Å²) >= 11 is 0. The van der Waals surface area contributed by atoms with E-state index in [1.807, 2.05) is 0 Å². The van der Waals surface area contributed by atoms with Gasteiger partial charge >= 0.3 is 0 Å². The Morgan fingerprint density at radius 3 is 2.54 bits per heavy atom. The number of hydrogen-bond acceptors (Lipinski definition) is 2. The van der Waals surface area contributed by atoms with Gasteiger partial charge in [-0.2, -0.15) is 13.8 Å². The van der Waals surface area contributed by atoms with Crippen molar-refractivity contribution in [1.82, 2.24) is 14.5 Å². The summed E-state index contributed by atoms with van der Waals surface area (Å²) in [6.45, 7) is 1.26. The highest BCUT2D eigenvalue weighted by Crippen LogP contribution is 2.29. The molecule has 0 aliphatic rings. The quantitative estimate of drug-likeness (QED) is 0.375. The van der Waals surface area contributed by atoms with Crippen LogP contribution in [0.25, 0.3) is 27.8 Å². The summed E-state index contributed by atoms with van der Waals surface area (Å²) in [5.74, 6) is -2.38. The molecule has 0 spiro atoms. The minimum Gasteiger partial charge on any atom is -0.269 e. The van der Waals surface area contributed by atoms with Gasteiger partial charge in [-0.05, 0) is 36.8 Å². The zero-order valence-corrected chi connectivity index (χ0v) is 13.5. The second-order valence-corrected chi connectivity index (χ2v) is 5.77. The predicted octanol–water partition coefficient (Wildman–Crippen LogP) is 4.95. The Balaban J connectivity index is 1.96. The molecule has 2 heterocycles. The van der Waals surface area contributed by atoms with E-state index < -0.39 is 23.7 Å². The third-order valence-corrected chi connectivity index (χ3v) is 4.21. The fourth-order valence-electron chi connectivity index (χ4n) is 2.87. The molecule has 0 saturated heterocycles. The zero-order chi connectivity index (χ0) is 18.4. The van der Waals surface area contributed by atoms with Crippen molar-refractivity contribution in [3.05, 3.63) is 77.9 Å². The maximum absolute atomic E-state index is 14.4. The lowest BCUT2D eigenvalue weighted by molar-refractivity contribution is 0.527. The van der Waals surface area contributed by atoms with Crippen LogP contribution in [-0.2, 0) is 0 Å². The number of nitrogens with zero attached hydrogens (tertiary/aromatic N) is 3. The van der Waals surface area contributed by atoms with E-state index in [-0.39, 0.29) is 27.8 Å². The van der Waals surface area contributed by atoms with Crippen LogP contribution < -0.4 is 0 Å². The monoisotopic (exact) mass is 357 g/mol. The number of imidazole rings is 1. The summed E-state index contributed by atoms with van der Waals surface area (Å²) in [6.07, 6.45) is 0.326. The van der Waals surface area contributed by atoms with Crippen LogP contribution in [0, 0.1) is 30.6 Å². The van der Waals surface area contributed by atoms with E-state index in [4.69, 9.17) is 0 Å².